The van der Waals surface area contributed by atoms with Gasteiger partial charge in [0.1, 0.15) is 9.90 Å². The molecule has 1 aliphatic heterocycles. The molecule has 2 atom stereocenters. The molecule has 1 aromatic heterocycles. The Morgan fingerprint density at radius 2 is 2.00 bits per heavy atom. The number of anilines is 2. The van der Waals surface area contributed by atoms with Crippen LogP contribution >= 0.6 is 11.5 Å². The lowest BCUT2D eigenvalue weighted by atomic mass is 9.94. The minimum absolute atomic E-state index is 0.183. The lowest BCUT2D eigenvalue weighted by Gasteiger charge is -2.37. The van der Waals surface area contributed by atoms with E-state index in [1.807, 2.05) is 0 Å². The number of piperidine rings is 1. The average Bonchev–Trinajstić information content (AvgIpc) is 3.14. The Labute approximate surface area is 124 Å². The molecule has 2 fully saturated rings. The fraction of sp³-hybridized carbons (Fsp3) is 0.769. The zero-order valence-corrected chi connectivity index (χ0v) is 13.5. The number of hydrogen-bond donors (Lipinski definition) is 1. The van der Waals surface area contributed by atoms with Crippen molar-refractivity contribution in [1.82, 2.24) is 4.37 Å². The molecule has 20 heavy (non-hydrogen) atoms. The second-order valence-corrected chi connectivity index (χ2v) is 9.04. The van der Waals surface area contributed by atoms with Crippen LogP contribution < -0.4 is 10.6 Å². The highest BCUT2D eigenvalue weighted by molar-refractivity contribution is 7.92. The van der Waals surface area contributed by atoms with Crippen molar-refractivity contribution >= 4 is 32.2 Å². The number of nitrogen functional groups attached to an aromatic ring is 1. The van der Waals surface area contributed by atoms with Crippen LogP contribution in [0, 0.1) is 5.92 Å². The Balaban J connectivity index is 1.99. The molecule has 0 amide bonds. The second-order valence-electron chi connectivity index (χ2n) is 6.12. The molecule has 2 unspecified atom stereocenters. The Hall–Kier alpha value is -0.820. The third-order valence-electron chi connectivity index (χ3n) is 4.30. The van der Waals surface area contributed by atoms with Gasteiger partial charge in [-0.05, 0) is 50.1 Å². The first kappa shape index (κ1) is 14.1. The SMILES string of the molecule is CC1CCN(c2snc(N)c2S(=O)(=O)C2CC2)C(C)C1. The van der Waals surface area contributed by atoms with Crippen LogP contribution in [-0.2, 0) is 9.84 Å². The quantitative estimate of drug-likeness (QED) is 0.926. The van der Waals surface area contributed by atoms with Gasteiger partial charge in [0.15, 0.2) is 15.7 Å². The number of nitrogens with two attached hydrogens (primary N) is 1. The number of nitrogens with zero attached hydrogens (tertiary/aromatic N) is 2. The lowest BCUT2D eigenvalue weighted by Crippen LogP contribution is -2.40. The average molecular weight is 315 g/mol. The van der Waals surface area contributed by atoms with Gasteiger partial charge in [-0.3, -0.25) is 0 Å². The van der Waals surface area contributed by atoms with Gasteiger partial charge < -0.3 is 10.6 Å². The van der Waals surface area contributed by atoms with E-state index in [9.17, 15) is 8.42 Å². The molecule has 5 nitrogen and oxygen atoms in total. The van der Waals surface area contributed by atoms with Crippen molar-refractivity contribution in [1.29, 1.82) is 0 Å². The van der Waals surface area contributed by atoms with Crippen LogP contribution in [0.4, 0.5) is 10.8 Å². The Morgan fingerprint density at radius 3 is 2.60 bits per heavy atom. The molecular formula is C13H21N3O2S2. The Kier molecular flexibility index (Phi) is 3.44. The highest BCUT2D eigenvalue weighted by atomic mass is 32.2. The molecule has 1 saturated carbocycles. The summed E-state index contributed by atoms with van der Waals surface area (Å²) in [6.45, 7) is 5.28. The van der Waals surface area contributed by atoms with Crippen molar-refractivity contribution in [3.05, 3.63) is 0 Å². The van der Waals surface area contributed by atoms with E-state index < -0.39 is 9.84 Å². The van der Waals surface area contributed by atoms with E-state index in [-0.39, 0.29) is 11.1 Å². The van der Waals surface area contributed by atoms with Crippen molar-refractivity contribution in [2.24, 2.45) is 5.92 Å². The van der Waals surface area contributed by atoms with Crippen molar-refractivity contribution in [3.8, 4) is 0 Å². The van der Waals surface area contributed by atoms with E-state index in [0.29, 0.717) is 16.9 Å². The summed E-state index contributed by atoms with van der Waals surface area (Å²) < 4.78 is 29.3. The summed E-state index contributed by atoms with van der Waals surface area (Å²) in [6, 6.07) is 0.340. The van der Waals surface area contributed by atoms with Gasteiger partial charge in [0.05, 0.1) is 5.25 Å². The first-order valence-electron chi connectivity index (χ1n) is 7.17. The van der Waals surface area contributed by atoms with E-state index in [2.05, 4.69) is 23.1 Å². The topological polar surface area (TPSA) is 76.3 Å². The van der Waals surface area contributed by atoms with Crippen molar-refractivity contribution in [2.45, 2.75) is 55.7 Å². The molecule has 1 saturated heterocycles. The van der Waals surface area contributed by atoms with Gasteiger partial charge >= 0.3 is 0 Å². The number of rotatable bonds is 3. The molecule has 1 aromatic rings. The van der Waals surface area contributed by atoms with Crippen molar-refractivity contribution in [2.75, 3.05) is 17.2 Å². The summed E-state index contributed by atoms with van der Waals surface area (Å²) in [6.07, 6.45) is 3.68. The predicted octanol–water partition coefficient (Wildman–Crippen LogP) is 2.29. The molecule has 0 aromatic carbocycles. The summed E-state index contributed by atoms with van der Waals surface area (Å²) in [5, 5.41) is 0.521. The zero-order chi connectivity index (χ0) is 14.5. The molecule has 7 heteroatoms. The maximum absolute atomic E-state index is 12.6. The summed E-state index contributed by atoms with van der Waals surface area (Å²) in [7, 11) is -3.29. The second kappa shape index (κ2) is 4.87. The van der Waals surface area contributed by atoms with Crippen LogP contribution in [0.5, 0.6) is 0 Å². The third kappa shape index (κ3) is 2.30. The fourth-order valence-corrected chi connectivity index (χ4v) is 6.13. The van der Waals surface area contributed by atoms with Gasteiger partial charge in [-0.25, -0.2) is 8.42 Å². The maximum atomic E-state index is 12.6. The molecule has 2 heterocycles. The van der Waals surface area contributed by atoms with E-state index in [1.165, 1.54) is 11.5 Å². The fourth-order valence-electron chi connectivity index (χ4n) is 2.99. The van der Waals surface area contributed by atoms with Gasteiger partial charge in [-0.2, -0.15) is 4.37 Å². The molecule has 0 radical (unpaired) electrons. The van der Waals surface area contributed by atoms with Gasteiger partial charge in [-0.15, -0.1) is 0 Å². The van der Waals surface area contributed by atoms with Crippen LogP contribution in [0.1, 0.15) is 39.5 Å². The largest absolute Gasteiger partial charge is 0.382 e. The lowest BCUT2D eigenvalue weighted by molar-refractivity contribution is 0.378. The monoisotopic (exact) mass is 315 g/mol. The van der Waals surface area contributed by atoms with Gasteiger partial charge in [0.2, 0.25) is 0 Å². The van der Waals surface area contributed by atoms with E-state index in [0.717, 1.165) is 37.2 Å². The smallest absolute Gasteiger partial charge is 0.187 e. The number of aromatic nitrogens is 1. The predicted molar refractivity (Wildman–Crippen MR) is 81.9 cm³/mol. The van der Waals surface area contributed by atoms with Crippen LogP contribution in [0.3, 0.4) is 0 Å². The highest BCUT2D eigenvalue weighted by Crippen LogP contribution is 2.44. The van der Waals surface area contributed by atoms with Gasteiger partial charge in [0, 0.05) is 12.6 Å². The number of hydrogen-bond acceptors (Lipinski definition) is 6. The summed E-state index contributed by atoms with van der Waals surface area (Å²) in [5.74, 6) is 0.873. The highest BCUT2D eigenvalue weighted by Gasteiger charge is 2.42. The Morgan fingerprint density at radius 1 is 1.30 bits per heavy atom. The van der Waals surface area contributed by atoms with Crippen LogP contribution in [0.2, 0.25) is 0 Å². The molecule has 112 valence electrons. The summed E-state index contributed by atoms with van der Waals surface area (Å²) >= 11 is 1.23. The minimum atomic E-state index is -3.29. The normalized spacial score (nSPS) is 27.8. The molecule has 3 rings (SSSR count). The van der Waals surface area contributed by atoms with Gasteiger partial charge in [0.25, 0.3) is 0 Å². The van der Waals surface area contributed by atoms with Crippen LogP contribution in [-0.4, -0.2) is 30.6 Å². The first-order valence-corrected chi connectivity index (χ1v) is 9.49. The molecule has 0 spiro atoms. The first-order chi connectivity index (χ1) is 9.41. The third-order valence-corrected chi connectivity index (χ3v) is 7.65. The van der Waals surface area contributed by atoms with Crippen LogP contribution in [0.25, 0.3) is 0 Å². The molecular weight excluding hydrogens is 294 g/mol. The van der Waals surface area contributed by atoms with E-state index in [1.54, 1.807) is 0 Å². The van der Waals surface area contributed by atoms with Crippen molar-refractivity contribution < 1.29 is 8.42 Å². The Bertz CT molecular complexity index is 607. The molecule has 1 aliphatic carbocycles. The number of sulfone groups is 1. The minimum Gasteiger partial charge on any atom is -0.382 e. The van der Waals surface area contributed by atoms with E-state index >= 15 is 0 Å². The molecule has 0 bridgehead atoms. The summed E-state index contributed by atoms with van der Waals surface area (Å²) in [5.41, 5.74) is 5.87. The van der Waals surface area contributed by atoms with Crippen molar-refractivity contribution in [3.63, 3.8) is 0 Å². The standard InChI is InChI=1S/C13H21N3O2S2/c1-8-5-6-16(9(2)7-8)13-11(12(14)15-19-13)20(17,18)10-3-4-10/h8-10H,3-7H2,1-2H3,(H2,14,15). The maximum Gasteiger partial charge on any atom is 0.187 e. The summed E-state index contributed by atoms with van der Waals surface area (Å²) in [4.78, 5) is 2.48. The molecule has 2 N–H and O–H groups in total. The molecule has 2 aliphatic rings. The van der Waals surface area contributed by atoms with Gasteiger partial charge in [-0.1, -0.05) is 6.92 Å². The van der Waals surface area contributed by atoms with E-state index in [4.69, 9.17) is 5.73 Å². The zero-order valence-electron chi connectivity index (χ0n) is 11.9. The van der Waals surface area contributed by atoms with Crippen LogP contribution in [0.15, 0.2) is 4.90 Å².